The smallest absolute Gasteiger partial charge is 0.145 e. The Balaban J connectivity index is 1.56. The highest BCUT2D eigenvalue weighted by molar-refractivity contribution is 6.00. The van der Waals surface area contributed by atoms with Crippen molar-refractivity contribution < 1.29 is 18.3 Å². The van der Waals surface area contributed by atoms with E-state index in [9.17, 15) is 8.78 Å². The number of aromatic nitrogens is 1. The summed E-state index contributed by atoms with van der Waals surface area (Å²) in [5, 5.41) is 0.964. The van der Waals surface area contributed by atoms with Gasteiger partial charge in [-0.2, -0.15) is 0 Å². The van der Waals surface area contributed by atoms with Crippen LogP contribution < -0.4 is 9.64 Å². The van der Waals surface area contributed by atoms with E-state index in [1.54, 1.807) is 7.11 Å². The van der Waals surface area contributed by atoms with Crippen LogP contribution in [0.15, 0.2) is 42.0 Å². The Labute approximate surface area is 217 Å². The fourth-order valence-corrected chi connectivity index (χ4v) is 6.35. The predicted octanol–water partition coefficient (Wildman–Crippen LogP) is 6.08. The van der Waals surface area contributed by atoms with Gasteiger partial charge in [-0.25, -0.2) is 13.8 Å². The molecule has 2 fully saturated rings. The topological polar surface area (TPSA) is 37.8 Å². The lowest BCUT2D eigenvalue weighted by atomic mass is 9.89. The van der Waals surface area contributed by atoms with E-state index >= 15 is 0 Å². The van der Waals surface area contributed by atoms with Gasteiger partial charge in [-0.05, 0) is 76.0 Å². The first-order chi connectivity index (χ1) is 17.8. The van der Waals surface area contributed by atoms with Gasteiger partial charge in [0, 0.05) is 48.0 Å². The highest BCUT2D eigenvalue weighted by Gasteiger charge is 2.40. The Hall–Kier alpha value is -2.77. The lowest BCUT2D eigenvalue weighted by Crippen LogP contribution is -2.38. The van der Waals surface area contributed by atoms with Crippen LogP contribution in [0.3, 0.4) is 0 Å². The summed E-state index contributed by atoms with van der Waals surface area (Å²) in [5.74, 6) is -0.421. The largest absolute Gasteiger partial charge is 0.494 e. The zero-order valence-corrected chi connectivity index (χ0v) is 22.1. The monoisotopic (exact) mass is 507 g/mol. The zero-order valence-electron chi connectivity index (χ0n) is 22.1. The highest BCUT2D eigenvalue weighted by atomic mass is 19.1. The molecule has 4 aliphatic rings. The van der Waals surface area contributed by atoms with Crippen molar-refractivity contribution in [1.29, 1.82) is 0 Å². The summed E-state index contributed by atoms with van der Waals surface area (Å²) in [4.78, 5) is 9.92. The van der Waals surface area contributed by atoms with Crippen LogP contribution in [-0.2, 0) is 4.74 Å². The molecule has 0 spiro atoms. The van der Waals surface area contributed by atoms with Gasteiger partial charge in [0.05, 0.1) is 31.2 Å². The van der Waals surface area contributed by atoms with Gasteiger partial charge in [0.2, 0.25) is 0 Å². The van der Waals surface area contributed by atoms with Crippen molar-refractivity contribution in [2.45, 2.75) is 50.7 Å². The van der Waals surface area contributed by atoms with Gasteiger partial charge in [0.1, 0.15) is 22.9 Å². The number of fused-ring (bicyclic) bond motifs is 2. The van der Waals surface area contributed by atoms with Crippen molar-refractivity contribution in [3.8, 4) is 5.75 Å². The zero-order chi connectivity index (χ0) is 25.8. The Morgan fingerprint density at radius 3 is 2.81 bits per heavy atom. The molecule has 2 aliphatic carbocycles. The summed E-state index contributed by atoms with van der Waals surface area (Å²) < 4.78 is 40.6. The lowest BCUT2D eigenvalue weighted by Gasteiger charge is -2.33. The van der Waals surface area contributed by atoms with Gasteiger partial charge in [0.25, 0.3) is 0 Å². The molecule has 0 N–H and O–H groups in total. The summed E-state index contributed by atoms with van der Waals surface area (Å²) in [6.45, 7) is 4.63. The molecule has 1 aromatic heterocycles. The summed E-state index contributed by atoms with van der Waals surface area (Å²) in [7, 11) is 5.86. The van der Waals surface area contributed by atoms with Crippen LogP contribution in [-0.4, -0.2) is 62.9 Å². The number of anilines is 1. The van der Waals surface area contributed by atoms with Crippen LogP contribution in [0.25, 0.3) is 16.5 Å². The molecule has 6 rings (SSSR count). The van der Waals surface area contributed by atoms with Crippen molar-refractivity contribution in [3.05, 3.63) is 58.8 Å². The van der Waals surface area contributed by atoms with Crippen LogP contribution in [0, 0.1) is 12.8 Å². The maximum absolute atomic E-state index is 14.9. The molecule has 0 amide bonds. The third-order valence-corrected chi connectivity index (χ3v) is 8.26. The fourth-order valence-electron chi connectivity index (χ4n) is 6.35. The quantitative estimate of drug-likeness (QED) is 0.474. The van der Waals surface area contributed by atoms with Gasteiger partial charge in [-0.3, -0.25) is 0 Å². The summed E-state index contributed by atoms with van der Waals surface area (Å²) in [6, 6.07) is 4.30. The number of hydrogen-bond acceptors (Lipinski definition) is 5. The maximum Gasteiger partial charge on any atom is 0.145 e. The predicted molar refractivity (Wildman–Crippen MR) is 144 cm³/mol. The molecule has 4 unspecified atom stereocenters. The number of likely N-dealkylation sites (N-methyl/N-ethyl adjacent to an activating group) is 1. The Kier molecular flexibility index (Phi) is 6.32. The Morgan fingerprint density at radius 2 is 2.08 bits per heavy atom. The molecular weight excluding hydrogens is 472 g/mol. The number of halogens is 2. The normalized spacial score (nSPS) is 27.2. The van der Waals surface area contributed by atoms with Crippen molar-refractivity contribution in [2.24, 2.45) is 5.92 Å². The van der Waals surface area contributed by atoms with Gasteiger partial charge in [-0.15, -0.1) is 0 Å². The van der Waals surface area contributed by atoms with Crippen LogP contribution in [0.4, 0.5) is 14.5 Å². The Morgan fingerprint density at radius 1 is 1.24 bits per heavy atom. The SMILES string of the molecule is COc1cc(C2CC=C(F)C=C2F)cc2c(N3CCCC3CN(C)C)c(C)c(C3=CC4CC4OC3)nc12. The minimum Gasteiger partial charge on any atom is -0.494 e. The second kappa shape index (κ2) is 9.52. The third kappa shape index (κ3) is 4.46. The van der Waals surface area contributed by atoms with Crippen LogP contribution in [0.5, 0.6) is 5.75 Å². The van der Waals surface area contributed by atoms with E-state index < -0.39 is 17.6 Å². The van der Waals surface area contributed by atoms with E-state index in [1.165, 1.54) is 6.08 Å². The van der Waals surface area contributed by atoms with E-state index in [0.717, 1.165) is 77.4 Å². The van der Waals surface area contributed by atoms with Crippen molar-refractivity contribution >= 4 is 22.2 Å². The van der Waals surface area contributed by atoms with E-state index in [4.69, 9.17) is 14.5 Å². The molecule has 7 heteroatoms. The van der Waals surface area contributed by atoms with E-state index in [2.05, 4.69) is 43.0 Å². The molecule has 1 saturated carbocycles. The number of pyridine rings is 1. The summed E-state index contributed by atoms with van der Waals surface area (Å²) >= 11 is 0. The number of methoxy groups -OCH3 is 1. The molecular formula is C30H35F2N3O2. The molecule has 2 aromatic rings. The van der Waals surface area contributed by atoms with Crippen molar-refractivity contribution in [1.82, 2.24) is 9.88 Å². The molecule has 0 radical (unpaired) electrons. The average molecular weight is 508 g/mol. The number of rotatable bonds is 6. The second-order valence-corrected chi connectivity index (χ2v) is 11.2. The third-order valence-electron chi connectivity index (χ3n) is 8.26. The molecule has 2 aliphatic heterocycles. The molecule has 1 saturated heterocycles. The van der Waals surface area contributed by atoms with Crippen LogP contribution in [0.1, 0.15) is 48.4 Å². The van der Waals surface area contributed by atoms with E-state index in [1.807, 2.05) is 6.07 Å². The molecule has 4 atom stereocenters. The van der Waals surface area contributed by atoms with Crippen LogP contribution >= 0.6 is 0 Å². The van der Waals surface area contributed by atoms with E-state index in [-0.39, 0.29) is 6.42 Å². The van der Waals surface area contributed by atoms with Gasteiger partial charge < -0.3 is 19.3 Å². The molecule has 5 nitrogen and oxygen atoms in total. The number of benzene rings is 1. The molecule has 37 heavy (non-hydrogen) atoms. The standard InChI is InChI=1S/C30H35F2N3O2/c1-17-28(20-10-19-13-26(19)37-16-20)33-29-24(30(17)35-9-5-6-22(35)15-34(2)3)11-18(12-27(29)36-4)23-8-7-21(31)14-25(23)32/h7,10-12,14,19,22-23,26H,5-6,8-9,13,15-16H2,1-4H3. The van der Waals surface area contributed by atoms with Crippen molar-refractivity contribution in [2.75, 3.05) is 45.8 Å². The Bertz CT molecular complexity index is 1330. The van der Waals surface area contributed by atoms with Crippen LogP contribution in [0.2, 0.25) is 0 Å². The maximum atomic E-state index is 14.9. The minimum absolute atomic E-state index is 0.280. The van der Waals surface area contributed by atoms with E-state index in [0.29, 0.717) is 30.4 Å². The highest BCUT2D eigenvalue weighted by Crippen LogP contribution is 2.46. The molecule has 3 heterocycles. The number of ether oxygens (including phenoxy) is 2. The number of nitrogens with zero attached hydrogens (tertiary/aromatic N) is 3. The average Bonchev–Trinajstić information content (AvgIpc) is 3.52. The summed E-state index contributed by atoms with van der Waals surface area (Å²) in [5.41, 5.74) is 5.92. The fraction of sp³-hybridized carbons (Fsp3) is 0.500. The van der Waals surface area contributed by atoms with Crippen molar-refractivity contribution in [3.63, 3.8) is 0 Å². The lowest BCUT2D eigenvalue weighted by molar-refractivity contribution is 0.138. The number of hydrogen-bond donors (Lipinski definition) is 0. The molecule has 196 valence electrons. The van der Waals surface area contributed by atoms with Gasteiger partial charge >= 0.3 is 0 Å². The minimum atomic E-state index is -0.539. The second-order valence-electron chi connectivity index (χ2n) is 11.2. The van der Waals surface area contributed by atoms with Gasteiger partial charge in [0.15, 0.2) is 0 Å². The first-order valence-electron chi connectivity index (χ1n) is 13.3. The summed E-state index contributed by atoms with van der Waals surface area (Å²) in [6.07, 6.45) is 8.75. The first-order valence-corrected chi connectivity index (χ1v) is 13.3. The molecule has 1 aromatic carbocycles. The van der Waals surface area contributed by atoms with Gasteiger partial charge in [-0.1, -0.05) is 6.08 Å². The first kappa shape index (κ1) is 24.6. The molecule has 0 bridgehead atoms. The number of allylic oxidation sites excluding steroid dienone is 4.